The fourth-order valence-corrected chi connectivity index (χ4v) is 3.90. The fourth-order valence-electron chi connectivity index (χ4n) is 3.90. The average Bonchev–Trinajstić information content (AvgIpc) is 3.32. The van der Waals surface area contributed by atoms with Crippen molar-refractivity contribution >= 4 is 35.8 Å². The Morgan fingerprint density at radius 3 is 2.28 bits per heavy atom. The van der Waals surface area contributed by atoms with E-state index in [1.165, 1.54) is 18.4 Å². The highest BCUT2D eigenvalue weighted by Gasteiger charge is 2.23. The summed E-state index contributed by atoms with van der Waals surface area (Å²) in [5, 5.41) is 6.90. The largest absolute Gasteiger partial charge is 0.357 e. The maximum absolute atomic E-state index is 12.1. The summed E-state index contributed by atoms with van der Waals surface area (Å²) in [6.45, 7) is 6.55. The van der Waals surface area contributed by atoms with Crippen LogP contribution in [-0.4, -0.2) is 61.9 Å². The molecule has 1 aliphatic heterocycles. The second-order valence-corrected chi connectivity index (χ2v) is 8.14. The molecule has 32 heavy (non-hydrogen) atoms. The predicted octanol–water partition coefficient (Wildman–Crippen LogP) is 3.90. The van der Waals surface area contributed by atoms with Crippen molar-refractivity contribution in [2.45, 2.75) is 32.4 Å². The second-order valence-electron chi connectivity index (χ2n) is 8.14. The summed E-state index contributed by atoms with van der Waals surface area (Å²) in [7, 11) is 3.53. The molecule has 0 spiro atoms. The highest BCUT2D eigenvalue weighted by molar-refractivity contribution is 14.0. The van der Waals surface area contributed by atoms with Crippen LogP contribution in [0.15, 0.2) is 59.6 Å². The smallest absolute Gasteiger partial charge is 0.253 e. The topological polar surface area (TPSA) is 60.0 Å². The number of halogens is 1. The van der Waals surface area contributed by atoms with Crippen LogP contribution in [-0.2, 0) is 6.54 Å². The van der Waals surface area contributed by atoms with E-state index in [-0.39, 0.29) is 29.9 Å². The third-order valence-electron chi connectivity index (χ3n) is 5.60. The number of benzene rings is 2. The Morgan fingerprint density at radius 2 is 1.69 bits per heavy atom. The Labute approximate surface area is 209 Å². The molecule has 0 aliphatic carbocycles. The van der Waals surface area contributed by atoms with Crippen LogP contribution in [0.5, 0.6) is 0 Å². The van der Waals surface area contributed by atoms with E-state index in [9.17, 15) is 4.79 Å². The molecule has 0 bridgehead atoms. The predicted molar refractivity (Wildman–Crippen MR) is 143 cm³/mol. The molecule has 1 heterocycles. The van der Waals surface area contributed by atoms with Gasteiger partial charge in [0.25, 0.3) is 5.91 Å². The van der Waals surface area contributed by atoms with Gasteiger partial charge in [-0.1, -0.05) is 42.5 Å². The van der Waals surface area contributed by atoms with Gasteiger partial charge in [0.1, 0.15) is 0 Å². The maximum atomic E-state index is 12.1. The molecule has 2 N–H and O–H groups in total. The Morgan fingerprint density at radius 1 is 1.03 bits per heavy atom. The summed E-state index contributed by atoms with van der Waals surface area (Å²) in [5.74, 6) is 0.829. The van der Waals surface area contributed by atoms with Crippen LogP contribution in [0.4, 0.5) is 0 Å². The first-order chi connectivity index (χ1) is 15.1. The molecule has 7 heteroatoms. The van der Waals surface area contributed by atoms with E-state index in [0.717, 1.165) is 37.7 Å². The molecule has 6 nitrogen and oxygen atoms in total. The van der Waals surface area contributed by atoms with Crippen molar-refractivity contribution in [1.29, 1.82) is 0 Å². The van der Waals surface area contributed by atoms with Gasteiger partial charge >= 0.3 is 0 Å². The number of hydrogen-bond acceptors (Lipinski definition) is 3. The molecule has 1 aliphatic rings. The van der Waals surface area contributed by atoms with E-state index in [1.807, 2.05) is 24.3 Å². The molecule has 1 amide bonds. The number of guanidine groups is 1. The third-order valence-corrected chi connectivity index (χ3v) is 5.60. The van der Waals surface area contributed by atoms with E-state index in [0.29, 0.717) is 18.2 Å². The van der Waals surface area contributed by atoms with Crippen LogP contribution >= 0.6 is 24.0 Å². The first-order valence-corrected chi connectivity index (χ1v) is 11.2. The van der Waals surface area contributed by atoms with Crippen LogP contribution < -0.4 is 10.6 Å². The third kappa shape index (κ3) is 7.48. The number of rotatable bonds is 8. The van der Waals surface area contributed by atoms with Crippen molar-refractivity contribution < 1.29 is 4.79 Å². The highest BCUT2D eigenvalue weighted by atomic mass is 127. The molecule has 2 aromatic rings. The summed E-state index contributed by atoms with van der Waals surface area (Å²) in [4.78, 5) is 21.0. The van der Waals surface area contributed by atoms with Crippen molar-refractivity contribution in [2.75, 3.05) is 40.3 Å². The van der Waals surface area contributed by atoms with Crippen LogP contribution in [0, 0.1) is 0 Å². The van der Waals surface area contributed by atoms with E-state index < -0.39 is 0 Å². The first kappa shape index (κ1) is 26.1. The molecular formula is C25H36IN5O. The highest BCUT2D eigenvalue weighted by Crippen LogP contribution is 2.24. The van der Waals surface area contributed by atoms with E-state index in [4.69, 9.17) is 4.99 Å². The second kappa shape index (κ2) is 13.4. The number of nitrogens with zero attached hydrogens (tertiary/aromatic N) is 3. The Bertz CT molecular complexity index is 848. The average molecular weight is 550 g/mol. The fraction of sp³-hybridized carbons (Fsp3) is 0.440. The molecule has 2 aromatic carbocycles. The Hall–Kier alpha value is -2.13. The molecule has 0 aromatic heterocycles. The minimum Gasteiger partial charge on any atom is -0.357 e. The van der Waals surface area contributed by atoms with Gasteiger partial charge in [-0.3, -0.25) is 9.69 Å². The van der Waals surface area contributed by atoms with Gasteiger partial charge in [0.15, 0.2) is 5.96 Å². The van der Waals surface area contributed by atoms with E-state index in [2.05, 4.69) is 52.8 Å². The van der Waals surface area contributed by atoms with Gasteiger partial charge in [-0.05, 0) is 56.1 Å². The zero-order chi connectivity index (χ0) is 22.1. The van der Waals surface area contributed by atoms with Crippen LogP contribution in [0.3, 0.4) is 0 Å². The lowest BCUT2D eigenvalue weighted by molar-refractivity contribution is 0.0827. The number of aliphatic imine (C=N–C) groups is 1. The standard InChI is InChI=1S/C25H35N5O.HI/c1-4-26-25(27-18-20-12-14-22(15-13-20)24(31)29(2)3)28-19-23(30-16-8-9-17-30)21-10-6-5-7-11-21;/h5-7,10-15,23H,4,8-9,16-19H2,1-3H3,(H2,26,27,28);1H. The summed E-state index contributed by atoms with van der Waals surface area (Å²) in [6.07, 6.45) is 2.54. The molecule has 3 rings (SSSR count). The van der Waals surface area contributed by atoms with Gasteiger partial charge in [-0.25, -0.2) is 4.99 Å². The van der Waals surface area contributed by atoms with Gasteiger partial charge in [0.2, 0.25) is 0 Å². The number of hydrogen-bond donors (Lipinski definition) is 2. The number of amides is 1. The van der Waals surface area contributed by atoms with Gasteiger partial charge in [-0.15, -0.1) is 24.0 Å². The molecule has 1 unspecified atom stereocenters. The van der Waals surface area contributed by atoms with Crippen LogP contribution in [0.2, 0.25) is 0 Å². The number of carbonyl (C=O) groups excluding carboxylic acids is 1. The normalized spacial score (nSPS) is 15.0. The van der Waals surface area contributed by atoms with Crippen molar-refractivity contribution in [3.05, 3.63) is 71.3 Å². The lowest BCUT2D eigenvalue weighted by Crippen LogP contribution is -2.42. The zero-order valence-electron chi connectivity index (χ0n) is 19.4. The first-order valence-electron chi connectivity index (χ1n) is 11.2. The molecule has 1 atom stereocenters. The summed E-state index contributed by atoms with van der Waals surface area (Å²) in [6, 6.07) is 18.7. The van der Waals surface area contributed by atoms with Crippen molar-refractivity contribution in [1.82, 2.24) is 20.4 Å². The van der Waals surface area contributed by atoms with Gasteiger partial charge < -0.3 is 15.5 Å². The lowest BCUT2D eigenvalue weighted by atomic mass is 10.1. The lowest BCUT2D eigenvalue weighted by Gasteiger charge is -2.29. The Balaban J connectivity index is 0.00000363. The maximum Gasteiger partial charge on any atom is 0.253 e. The number of nitrogens with one attached hydrogen (secondary N) is 2. The van der Waals surface area contributed by atoms with Crippen molar-refractivity contribution in [3.63, 3.8) is 0 Å². The summed E-state index contributed by atoms with van der Waals surface area (Å²) < 4.78 is 0. The van der Waals surface area contributed by atoms with Gasteiger partial charge in [0, 0.05) is 32.7 Å². The minimum absolute atomic E-state index is 0. The minimum atomic E-state index is 0. The van der Waals surface area contributed by atoms with Crippen molar-refractivity contribution in [3.8, 4) is 0 Å². The summed E-state index contributed by atoms with van der Waals surface area (Å²) >= 11 is 0. The molecule has 0 saturated carbocycles. The van der Waals surface area contributed by atoms with Crippen LogP contribution in [0.1, 0.15) is 47.3 Å². The van der Waals surface area contributed by atoms with E-state index in [1.54, 1.807) is 19.0 Å². The number of likely N-dealkylation sites (tertiary alicyclic amines) is 1. The summed E-state index contributed by atoms with van der Waals surface area (Å²) in [5.41, 5.74) is 3.11. The Kier molecular flexibility index (Phi) is 11.0. The monoisotopic (exact) mass is 549 g/mol. The number of carbonyl (C=O) groups is 1. The molecule has 174 valence electrons. The van der Waals surface area contributed by atoms with Crippen LogP contribution in [0.25, 0.3) is 0 Å². The van der Waals surface area contributed by atoms with Gasteiger partial charge in [-0.2, -0.15) is 0 Å². The molecular weight excluding hydrogens is 513 g/mol. The SMILES string of the molecule is CCNC(=NCc1ccc(C(=O)N(C)C)cc1)NCC(c1ccccc1)N1CCCC1.I. The quantitative estimate of drug-likeness (QED) is 0.298. The van der Waals surface area contributed by atoms with E-state index >= 15 is 0 Å². The molecule has 0 radical (unpaired) electrons. The molecule has 1 fully saturated rings. The van der Waals surface area contributed by atoms with Gasteiger partial charge in [0.05, 0.1) is 12.6 Å². The zero-order valence-corrected chi connectivity index (χ0v) is 21.7. The van der Waals surface area contributed by atoms with Crippen molar-refractivity contribution in [2.24, 2.45) is 4.99 Å². The molecule has 1 saturated heterocycles.